The molecule has 2 fully saturated rings. The van der Waals surface area contributed by atoms with Crippen LogP contribution >= 0.6 is 0 Å². The minimum absolute atomic E-state index is 0.171. The first kappa shape index (κ1) is 21.8. The Morgan fingerprint density at radius 2 is 1.94 bits per heavy atom. The van der Waals surface area contributed by atoms with Crippen molar-refractivity contribution in [2.75, 3.05) is 19.6 Å². The summed E-state index contributed by atoms with van der Waals surface area (Å²) in [6.07, 6.45) is 6.82. The summed E-state index contributed by atoms with van der Waals surface area (Å²) in [7, 11) is 1.99. The fraction of sp³-hybridized carbons (Fsp3) is 0.625. The van der Waals surface area contributed by atoms with Crippen molar-refractivity contribution >= 4 is 5.96 Å². The molecule has 0 radical (unpaired) electrons. The lowest BCUT2D eigenvalue weighted by Crippen LogP contribution is -2.45. The van der Waals surface area contributed by atoms with E-state index in [1.54, 1.807) is 0 Å². The molecule has 1 aromatic heterocycles. The third kappa shape index (κ3) is 5.85. The number of rotatable bonds is 7. The second-order valence-electron chi connectivity index (χ2n) is 9.20. The summed E-state index contributed by atoms with van der Waals surface area (Å²) in [5, 5.41) is 15.7. The van der Waals surface area contributed by atoms with Crippen LogP contribution in [-0.2, 0) is 13.6 Å². The van der Waals surface area contributed by atoms with Crippen LogP contribution in [0.15, 0.2) is 35.3 Å². The number of guanidine groups is 1. The van der Waals surface area contributed by atoms with Gasteiger partial charge in [-0.3, -0.25) is 0 Å². The van der Waals surface area contributed by atoms with E-state index < -0.39 is 0 Å². The Hall–Kier alpha value is -2.41. The van der Waals surface area contributed by atoms with Gasteiger partial charge in [0.1, 0.15) is 12.4 Å². The van der Waals surface area contributed by atoms with Gasteiger partial charge in [0.05, 0.1) is 6.04 Å². The van der Waals surface area contributed by atoms with Gasteiger partial charge in [-0.25, -0.2) is 4.99 Å². The van der Waals surface area contributed by atoms with Crippen LogP contribution in [0, 0.1) is 12.8 Å². The van der Waals surface area contributed by atoms with Crippen LogP contribution < -0.4 is 10.6 Å². The minimum atomic E-state index is 0.171. The lowest BCUT2D eigenvalue weighted by Gasteiger charge is -2.23. The molecule has 1 saturated carbocycles. The molecule has 2 N–H and O–H groups in total. The highest BCUT2D eigenvalue weighted by Crippen LogP contribution is 2.26. The molecule has 1 aliphatic carbocycles. The van der Waals surface area contributed by atoms with Crippen molar-refractivity contribution in [1.82, 2.24) is 30.3 Å². The van der Waals surface area contributed by atoms with Gasteiger partial charge in [0, 0.05) is 32.7 Å². The Labute approximate surface area is 186 Å². The third-order valence-electron chi connectivity index (χ3n) is 6.82. The van der Waals surface area contributed by atoms with Crippen molar-refractivity contribution in [3.63, 3.8) is 0 Å². The molecule has 0 bridgehead atoms. The Balaban J connectivity index is 1.40. The number of hydrogen-bond donors (Lipinski definition) is 2. The summed E-state index contributed by atoms with van der Waals surface area (Å²) < 4.78 is 2.00. The average molecular weight is 424 g/mol. The van der Waals surface area contributed by atoms with E-state index in [1.165, 1.54) is 44.3 Å². The largest absolute Gasteiger partial charge is 0.352 e. The van der Waals surface area contributed by atoms with E-state index in [2.05, 4.69) is 63.0 Å². The van der Waals surface area contributed by atoms with Crippen molar-refractivity contribution < 1.29 is 0 Å². The van der Waals surface area contributed by atoms with E-state index in [0.717, 1.165) is 36.5 Å². The number of hydrogen-bond acceptors (Lipinski definition) is 4. The third-order valence-corrected chi connectivity index (χ3v) is 6.82. The minimum Gasteiger partial charge on any atom is -0.352 e. The summed E-state index contributed by atoms with van der Waals surface area (Å²) in [5.41, 5.74) is 1.25. The molecule has 2 heterocycles. The van der Waals surface area contributed by atoms with Gasteiger partial charge in [-0.05, 0) is 44.6 Å². The van der Waals surface area contributed by atoms with Gasteiger partial charge >= 0.3 is 0 Å². The Morgan fingerprint density at radius 3 is 2.65 bits per heavy atom. The molecule has 1 saturated heterocycles. The number of aryl methyl sites for hydroxylation is 1. The standard InChI is InChI=1S/C24H37N7/c1-18(21-11-5-4-6-12-21)26-24(25-15-23-29-28-19(2)30(23)3)27-22-13-14-31(17-22)16-20-9-7-8-10-20/h4-6,11-12,18,20,22H,7-10,13-17H2,1-3H3,(H2,25,26,27). The highest BCUT2D eigenvalue weighted by Gasteiger charge is 2.27. The maximum Gasteiger partial charge on any atom is 0.192 e. The molecule has 4 rings (SSSR count). The monoisotopic (exact) mass is 423 g/mol. The highest BCUT2D eigenvalue weighted by atomic mass is 15.3. The van der Waals surface area contributed by atoms with Gasteiger partial charge in [0.2, 0.25) is 0 Å². The van der Waals surface area contributed by atoms with Crippen molar-refractivity contribution in [1.29, 1.82) is 0 Å². The van der Waals surface area contributed by atoms with Crippen LogP contribution in [0.2, 0.25) is 0 Å². The number of nitrogens with one attached hydrogen (secondary N) is 2. The van der Waals surface area contributed by atoms with Gasteiger partial charge in [-0.15, -0.1) is 10.2 Å². The van der Waals surface area contributed by atoms with E-state index in [-0.39, 0.29) is 6.04 Å². The molecule has 31 heavy (non-hydrogen) atoms. The smallest absolute Gasteiger partial charge is 0.192 e. The summed E-state index contributed by atoms with van der Waals surface area (Å²) in [5.74, 6) is 3.54. The number of benzene rings is 1. The van der Waals surface area contributed by atoms with Crippen LogP contribution in [0.4, 0.5) is 0 Å². The molecule has 1 aliphatic heterocycles. The number of aliphatic imine (C=N–C) groups is 1. The number of aromatic nitrogens is 3. The second-order valence-corrected chi connectivity index (χ2v) is 9.20. The molecule has 2 atom stereocenters. The van der Waals surface area contributed by atoms with E-state index >= 15 is 0 Å². The van der Waals surface area contributed by atoms with Gasteiger partial charge in [-0.1, -0.05) is 43.2 Å². The van der Waals surface area contributed by atoms with E-state index in [4.69, 9.17) is 4.99 Å². The predicted octanol–water partition coefficient (Wildman–Crippen LogP) is 3.18. The average Bonchev–Trinajstić information content (AvgIpc) is 3.52. The lowest BCUT2D eigenvalue weighted by atomic mass is 10.1. The molecule has 0 spiro atoms. The van der Waals surface area contributed by atoms with Crippen molar-refractivity contribution in [2.45, 2.75) is 64.6 Å². The second kappa shape index (κ2) is 10.3. The maximum atomic E-state index is 4.88. The number of nitrogens with zero attached hydrogens (tertiary/aromatic N) is 5. The van der Waals surface area contributed by atoms with E-state index in [9.17, 15) is 0 Å². The van der Waals surface area contributed by atoms with Gasteiger partial charge in [-0.2, -0.15) is 0 Å². The number of likely N-dealkylation sites (tertiary alicyclic amines) is 1. The summed E-state index contributed by atoms with van der Waals surface area (Å²) >= 11 is 0. The molecule has 168 valence electrons. The Kier molecular flexibility index (Phi) is 7.22. The molecule has 2 unspecified atom stereocenters. The zero-order valence-corrected chi connectivity index (χ0v) is 19.2. The van der Waals surface area contributed by atoms with Gasteiger partial charge in [0.15, 0.2) is 11.8 Å². The fourth-order valence-corrected chi connectivity index (χ4v) is 4.77. The maximum absolute atomic E-state index is 4.88. The van der Waals surface area contributed by atoms with Crippen molar-refractivity contribution in [3.8, 4) is 0 Å². The molecular formula is C24H37N7. The predicted molar refractivity (Wildman–Crippen MR) is 125 cm³/mol. The molecule has 2 aromatic rings. The molecule has 7 heteroatoms. The zero-order valence-electron chi connectivity index (χ0n) is 19.2. The van der Waals surface area contributed by atoms with Crippen LogP contribution in [0.25, 0.3) is 0 Å². The van der Waals surface area contributed by atoms with Gasteiger partial charge < -0.3 is 20.1 Å². The quantitative estimate of drug-likeness (QED) is 0.529. The van der Waals surface area contributed by atoms with E-state index in [0.29, 0.717) is 12.6 Å². The first-order valence-corrected chi connectivity index (χ1v) is 11.8. The fourth-order valence-electron chi connectivity index (χ4n) is 4.77. The zero-order chi connectivity index (χ0) is 21.6. The summed E-state index contributed by atoms with van der Waals surface area (Å²) in [4.78, 5) is 7.51. The normalized spacial score (nSPS) is 21.5. The van der Waals surface area contributed by atoms with Crippen molar-refractivity contribution in [2.24, 2.45) is 18.0 Å². The molecular weight excluding hydrogens is 386 g/mol. The summed E-state index contributed by atoms with van der Waals surface area (Å²) in [6.45, 7) is 8.19. The molecule has 2 aliphatic rings. The SMILES string of the molecule is Cc1nnc(CN=C(NC2CCN(CC3CCCC3)C2)NC(C)c2ccccc2)n1C. The molecule has 1 aromatic carbocycles. The van der Waals surface area contributed by atoms with Gasteiger partial charge in [0.25, 0.3) is 0 Å². The molecule has 7 nitrogen and oxygen atoms in total. The van der Waals surface area contributed by atoms with E-state index in [1.807, 2.05) is 18.5 Å². The topological polar surface area (TPSA) is 70.4 Å². The molecule has 0 amide bonds. The van der Waals surface area contributed by atoms with Crippen molar-refractivity contribution in [3.05, 3.63) is 47.5 Å². The first-order valence-electron chi connectivity index (χ1n) is 11.8. The van der Waals surface area contributed by atoms with Crippen LogP contribution in [0.5, 0.6) is 0 Å². The Bertz CT molecular complexity index is 854. The Morgan fingerprint density at radius 1 is 1.16 bits per heavy atom. The summed E-state index contributed by atoms with van der Waals surface area (Å²) in [6, 6.07) is 11.1. The lowest BCUT2D eigenvalue weighted by molar-refractivity contribution is 0.275. The highest BCUT2D eigenvalue weighted by molar-refractivity contribution is 5.80. The van der Waals surface area contributed by atoms with Crippen LogP contribution in [0.1, 0.15) is 62.3 Å². The first-order chi connectivity index (χ1) is 15.1. The van der Waals surface area contributed by atoms with Crippen LogP contribution in [-0.4, -0.2) is 51.3 Å². The van der Waals surface area contributed by atoms with Crippen LogP contribution in [0.3, 0.4) is 0 Å².